The van der Waals surface area contributed by atoms with E-state index in [1.165, 1.54) is 0 Å². The van der Waals surface area contributed by atoms with E-state index in [-0.39, 0.29) is 18.1 Å². The van der Waals surface area contributed by atoms with Crippen LogP contribution in [-0.2, 0) is 9.57 Å². The van der Waals surface area contributed by atoms with Crippen LogP contribution >= 0.6 is 0 Å². The third kappa shape index (κ3) is 2.52. The third-order valence-corrected chi connectivity index (χ3v) is 2.86. The monoisotopic (exact) mass is 241 g/mol. The van der Waals surface area contributed by atoms with Gasteiger partial charge in [0, 0.05) is 13.1 Å². The average Bonchev–Trinajstić information content (AvgIpc) is 2.72. The van der Waals surface area contributed by atoms with Gasteiger partial charge in [-0.3, -0.25) is 0 Å². The minimum atomic E-state index is -0.472. The molecule has 6 heteroatoms. The fourth-order valence-corrected chi connectivity index (χ4v) is 2.07. The second-order valence-electron chi connectivity index (χ2n) is 5.42. The van der Waals surface area contributed by atoms with E-state index in [9.17, 15) is 4.79 Å². The first-order valence-electron chi connectivity index (χ1n) is 5.81. The summed E-state index contributed by atoms with van der Waals surface area (Å²) in [5.74, 6) is 0.132. The summed E-state index contributed by atoms with van der Waals surface area (Å²) in [7, 11) is 0. The number of amides is 1. The quantitative estimate of drug-likeness (QED) is 0.728. The average molecular weight is 241 g/mol. The molecule has 96 valence electrons. The molecule has 0 aromatic rings. The fraction of sp³-hybridized carbons (Fsp3) is 0.818. The van der Waals surface area contributed by atoms with Gasteiger partial charge < -0.3 is 20.2 Å². The van der Waals surface area contributed by atoms with Crippen molar-refractivity contribution in [2.45, 2.75) is 32.5 Å². The molecule has 17 heavy (non-hydrogen) atoms. The summed E-state index contributed by atoms with van der Waals surface area (Å²) in [5, 5.41) is 3.92. The normalized spacial score (nSPS) is 27.5. The first kappa shape index (κ1) is 12.2. The highest BCUT2D eigenvalue weighted by Gasteiger charge is 2.44. The van der Waals surface area contributed by atoms with Crippen molar-refractivity contribution >= 4 is 11.8 Å². The number of nitrogens with two attached hydrogens (primary N) is 1. The molecule has 2 rings (SSSR count). The molecule has 1 saturated heterocycles. The number of hydrogen-bond acceptors (Lipinski definition) is 5. The number of carbonyl (C=O) groups is 1. The Morgan fingerprint density at radius 3 is 2.88 bits per heavy atom. The Morgan fingerprint density at radius 2 is 2.29 bits per heavy atom. The molecule has 0 radical (unpaired) electrons. The largest absolute Gasteiger partial charge is 0.444 e. The summed E-state index contributed by atoms with van der Waals surface area (Å²) in [6.45, 7) is 7.03. The Balaban J connectivity index is 1.95. The van der Waals surface area contributed by atoms with Crippen LogP contribution in [0.15, 0.2) is 5.16 Å². The Morgan fingerprint density at radius 1 is 1.59 bits per heavy atom. The minimum absolute atomic E-state index is 0.0546. The van der Waals surface area contributed by atoms with Gasteiger partial charge in [-0.15, -0.1) is 0 Å². The summed E-state index contributed by atoms with van der Waals surface area (Å²) >= 11 is 0. The second kappa shape index (κ2) is 4.18. The molecule has 1 amide bonds. The lowest BCUT2D eigenvalue weighted by Crippen LogP contribution is -2.36. The zero-order valence-corrected chi connectivity index (χ0v) is 10.5. The highest BCUT2D eigenvalue weighted by atomic mass is 16.6. The highest BCUT2D eigenvalue weighted by Crippen LogP contribution is 2.27. The standard InChI is InChI=1S/C11H19N3O3/c1-11(2,3)16-10(15)14-5-7-8(4-12)13-17-9(7)6-14/h7,9H,4-6,12H2,1-3H3/t7-,9-/m1/s1. The Bertz CT molecular complexity index is 348. The van der Waals surface area contributed by atoms with Gasteiger partial charge in [-0.1, -0.05) is 5.16 Å². The zero-order chi connectivity index (χ0) is 12.6. The Hall–Kier alpha value is -1.30. The van der Waals surface area contributed by atoms with Crippen molar-refractivity contribution in [1.82, 2.24) is 4.90 Å². The van der Waals surface area contributed by atoms with Gasteiger partial charge in [0.25, 0.3) is 0 Å². The maximum atomic E-state index is 11.9. The van der Waals surface area contributed by atoms with E-state index in [2.05, 4.69) is 5.16 Å². The van der Waals surface area contributed by atoms with Crippen LogP contribution in [0.25, 0.3) is 0 Å². The van der Waals surface area contributed by atoms with Crippen LogP contribution in [0.3, 0.4) is 0 Å². The number of oxime groups is 1. The van der Waals surface area contributed by atoms with Crippen molar-refractivity contribution in [3.05, 3.63) is 0 Å². The van der Waals surface area contributed by atoms with E-state index in [1.54, 1.807) is 4.90 Å². The Labute approximate surface area is 101 Å². The molecular formula is C11H19N3O3. The van der Waals surface area contributed by atoms with Crippen LogP contribution < -0.4 is 5.73 Å². The fourth-order valence-electron chi connectivity index (χ4n) is 2.07. The Kier molecular flexibility index (Phi) is 2.99. The van der Waals surface area contributed by atoms with Crippen LogP contribution in [0.1, 0.15) is 20.8 Å². The van der Waals surface area contributed by atoms with Gasteiger partial charge in [0.2, 0.25) is 0 Å². The molecule has 0 aromatic heterocycles. The second-order valence-corrected chi connectivity index (χ2v) is 5.42. The third-order valence-electron chi connectivity index (χ3n) is 2.86. The SMILES string of the molecule is CC(C)(C)OC(=O)N1C[C@@H]2C(CN)=NO[C@@H]2C1. The number of hydrogen-bond donors (Lipinski definition) is 1. The maximum absolute atomic E-state index is 11.9. The number of rotatable bonds is 1. The van der Waals surface area contributed by atoms with Crippen molar-refractivity contribution in [2.24, 2.45) is 16.8 Å². The summed E-state index contributed by atoms with van der Waals surface area (Å²) < 4.78 is 5.32. The number of ether oxygens (including phenoxy) is 1. The number of likely N-dealkylation sites (tertiary alicyclic amines) is 1. The van der Waals surface area contributed by atoms with Crippen LogP contribution in [-0.4, -0.2) is 48.0 Å². The first-order valence-corrected chi connectivity index (χ1v) is 5.81. The molecule has 6 nitrogen and oxygen atoms in total. The summed E-state index contributed by atoms with van der Waals surface area (Å²) in [5.41, 5.74) is 5.93. The summed E-state index contributed by atoms with van der Waals surface area (Å²) in [4.78, 5) is 18.8. The van der Waals surface area contributed by atoms with Crippen LogP contribution in [0.5, 0.6) is 0 Å². The number of fused-ring (bicyclic) bond motifs is 1. The molecule has 2 N–H and O–H groups in total. The lowest BCUT2D eigenvalue weighted by Gasteiger charge is -2.24. The van der Waals surface area contributed by atoms with Crippen molar-refractivity contribution < 1.29 is 14.4 Å². The first-order chi connectivity index (χ1) is 7.90. The van der Waals surface area contributed by atoms with E-state index in [0.717, 1.165) is 5.71 Å². The zero-order valence-electron chi connectivity index (χ0n) is 10.5. The maximum Gasteiger partial charge on any atom is 0.410 e. The topological polar surface area (TPSA) is 77.2 Å². The molecule has 0 aromatic carbocycles. The van der Waals surface area contributed by atoms with Gasteiger partial charge in [0.1, 0.15) is 5.60 Å². The van der Waals surface area contributed by atoms with Crippen molar-refractivity contribution in [1.29, 1.82) is 0 Å². The lowest BCUT2D eigenvalue weighted by atomic mass is 10.0. The molecule has 2 aliphatic heterocycles. The van der Waals surface area contributed by atoms with Crippen LogP contribution in [0, 0.1) is 5.92 Å². The van der Waals surface area contributed by atoms with Gasteiger partial charge in [-0.2, -0.15) is 0 Å². The van der Waals surface area contributed by atoms with E-state index in [4.69, 9.17) is 15.3 Å². The van der Waals surface area contributed by atoms with Gasteiger partial charge in [-0.25, -0.2) is 4.79 Å². The number of carbonyl (C=O) groups excluding carboxylic acids is 1. The van der Waals surface area contributed by atoms with Gasteiger partial charge in [0.05, 0.1) is 18.2 Å². The van der Waals surface area contributed by atoms with Crippen molar-refractivity contribution in [2.75, 3.05) is 19.6 Å². The number of nitrogens with zero attached hydrogens (tertiary/aromatic N) is 2. The van der Waals surface area contributed by atoms with E-state index in [1.807, 2.05) is 20.8 Å². The molecule has 0 spiro atoms. The molecule has 2 heterocycles. The van der Waals surface area contributed by atoms with Crippen LogP contribution in [0.2, 0.25) is 0 Å². The predicted molar refractivity (Wildman–Crippen MR) is 62.7 cm³/mol. The van der Waals surface area contributed by atoms with Crippen LogP contribution in [0.4, 0.5) is 4.79 Å². The molecule has 0 bridgehead atoms. The van der Waals surface area contributed by atoms with Gasteiger partial charge in [-0.05, 0) is 20.8 Å². The van der Waals surface area contributed by atoms with Crippen molar-refractivity contribution in [3.63, 3.8) is 0 Å². The molecule has 2 atom stereocenters. The highest BCUT2D eigenvalue weighted by molar-refractivity contribution is 5.90. The summed E-state index contributed by atoms with van der Waals surface area (Å²) in [6, 6.07) is 0. The predicted octanol–water partition coefficient (Wildman–Crippen LogP) is 0.567. The summed E-state index contributed by atoms with van der Waals surface area (Å²) in [6.07, 6.45) is -0.354. The lowest BCUT2D eigenvalue weighted by molar-refractivity contribution is 0.0228. The molecular weight excluding hydrogens is 222 g/mol. The van der Waals surface area contributed by atoms with E-state index < -0.39 is 5.60 Å². The smallest absolute Gasteiger partial charge is 0.410 e. The molecule has 2 aliphatic rings. The molecule has 1 fully saturated rings. The molecule has 0 aliphatic carbocycles. The van der Waals surface area contributed by atoms with E-state index >= 15 is 0 Å². The molecule has 0 unspecified atom stereocenters. The molecule has 0 saturated carbocycles. The van der Waals surface area contributed by atoms with Crippen molar-refractivity contribution in [3.8, 4) is 0 Å². The minimum Gasteiger partial charge on any atom is -0.444 e. The van der Waals surface area contributed by atoms with E-state index in [0.29, 0.717) is 19.6 Å². The van der Waals surface area contributed by atoms with Gasteiger partial charge >= 0.3 is 6.09 Å². The van der Waals surface area contributed by atoms with Gasteiger partial charge in [0.15, 0.2) is 6.10 Å².